The van der Waals surface area contributed by atoms with Crippen LogP contribution in [0.4, 0.5) is 0 Å². The number of hydrogen-bond acceptors (Lipinski definition) is 4. The van der Waals surface area contributed by atoms with E-state index in [0.717, 1.165) is 5.76 Å². The van der Waals surface area contributed by atoms with Crippen LogP contribution in [0.5, 0.6) is 0 Å². The topological polar surface area (TPSA) is 87.7 Å². The highest BCUT2D eigenvalue weighted by molar-refractivity contribution is 5.96. The molecule has 2 rings (SSSR count). The largest absolute Gasteiger partial charge is 0.480 e. The highest BCUT2D eigenvalue weighted by Gasteiger charge is 2.43. The molecular formula is C20H31N3O4. The van der Waals surface area contributed by atoms with Crippen LogP contribution in [0.1, 0.15) is 54.4 Å². The Morgan fingerprint density at radius 2 is 2.04 bits per heavy atom. The van der Waals surface area contributed by atoms with Gasteiger partial charge in [-0.2, -0.15) is 0 Å². The van der Waals surface area contributed by atoms with Crippen molar-refractivity contribution < 1.29 is 19.1 Å². The van der Waals surface area contributed by atoms with Crippen LogP contribution in [0.3, 0.4) is 0 Å². The predicted molar refractivity (Wildman–Crippen MR) is 102 cm³/mol. The van der Waals surface area contributed by atoms with E-state index in [2.05, 4.69) is 10.6 Å². The fourth-order valence-corrected chi connectivity index (χ4v) is 3.26. The van der Waals surface area contributed by atoms with Gasteiger partial charge >= 0.3 is 0 Å². The summed E-state index contributed by atoms with van der Waals surface area (Å²) < 4.78 is 5.97. The molecule has 27 heavy (non-hydrogen) atoms. The highest BCUT2D eigenvalue weighted by Crippen LogP contribution is 2.38. The second-order valence-corrected chi connectivity index (χ2v) is 7.91. The van der Waals surface area contributed by atoms with Crippen LogP contribution < -0.4 is 10.6 Å². The summed E-state index contributed by atoms with van der Waals surface area (Å²) in [6, 6.07) is 0.0320. The van der Waals surface area contributed by atoms with Gasteiger partial charge in [-0.3, -0.25) is 14.4 Å². The minimum atomic E-state index is -0.973. The van der Waals surface area contributed by atoms with Crippen LogP contribution in [0, 0.1) is 5.92 Å². The van der Waals surface area contributed by atoms with Crippen molar-refractivity contribution in [2.75, 3.05) is 13.1 Å². The number of hydrogen-bond donors (Lipinski definition) is 2. The fraction of sp³-hybridized carbons (Fsp3) is 0.650. The van der Waals surface area contributed by atoms with Crippen LogP contribution in [-0.4, -0.2) is 47.4 Å². The first-order valence-electron chi connectivity index (χ1n) is 9.60. The third kappa shape index (κ3) is 4.70. The summed E-state index contributed by atoms with van der Waals surface area (Å²) in [4.78, 5) is 38.6. The SMILES string of the molecule is CCC(=O)NCCN1C(=O)C(C)(C)OC2=C1C=C(C(=O)NC(C)C)C(C)C2. The monoisotopic (exact) mass is 377 g/mol. The Morgan fingerprint density at radius 3 is 2.63 bits per heavy atom. The zero-order valence-electron chi connectivity index (χ0n) is 17.1. The standard InChI is InChI=1S/C20H31N3O4/c1-7-17(24)21-8-9-23-15-11-14(18(25)22-12(2)3)13(4)10-16(15)27-20(5,6)19(23)26/h11-13H,7-10H2,1-6H3,(H,21,24)(H,22,25). The average Bonchev–Trinajstić information content (AvgIpc) is 2.56. The van der Waals surface area contributed by atoms with Crippen LogP contribution in [0.2, 0.25) is 0 Å². The number of allylic oxidation sites excluding steroid dienone is 2. The normalized spacial score (nSPS) is 21.4. The number of rotatable bonds is 6. The molecule has 1 unspecified atom stereocenters. The highest BCUT2D eigenvalue weighted by atomic mass is 16.5. The number of carbonyl (C=O) groups is 3. The van der Waals surface area contributed by atoms with E-state index in [1.165, 1.54) is 0 Å². The molecule has 0 saturated heterocycles. The summed E-state index contributed by atoms with van der Waals surface area (Å²) in [5.41, 5.74) is 0.289. The molecule has 7 nitrogen and oxygen atoms in total. The summed E-state index contributed by atoms with van der Waals surface area (Å²) in [6.07, 6.45) is 2.71. The van der Waals surface area contributed by atoms with Gasteiger partial charge in [0.1, 0.15) is 5.76 Å². The van der Waals surface area contributed by atoms with Crippen molar-refractivity contribution >= 4 is 17.7 Å². The van der Waals surface area contributed by atoms with E-state index in [4.69, 9.17) is 4.74 Å². The van der Waals surface area contributed by atoms with E-state index in [1.807, 2.05) is 20.8 Å². The number of amides is 3. The Bertz CT molecular complexity index is 691. The molecule has 0 saturated carbocycles. The average molecular weight is 377 g/mol. The summed E-state index contributed by atoms with van der Waals surface area (Å²) in [7, 11) is 0. The van der Waals surface area contributed by atoms with Gasteiger partial charge in [0, 0.05) is 37.5 Å². The Kier molecular flexibility index (Phi) is 6.34. The number of nitrogens with one attached hydrogen (secondary N) is 2. The van der Waals surface area contributed by atoms with Crippen LogP contribution in [0.15, 0.2) is 23.1 Å². The van der Waals surface area contributed by atoms with Gasteiger partial charge in [0.2, 0.25) is 11.8 Å². The molecule has 1 aliphatic carbocycles. The Labute approximate surface area is 161 Å². The second-order valence-electron chi connectivity index (χ2n) is 7.91. The van der Waals surface area contributed by atoms with Crippen molar-refractivity contribution in [3.05, 3.63) is 23.1 Å². The second kappa shape index (κ2) is 8.15. The molecular weight excluding hydrogens is 346 g/mol. The number of carbonyl (C=O) groups excluding carboxylic acids is 3. The first kappa shape index (κ1) is 21.0. The molecule has 1 atom stereocenters. The van der Waals surface area contributed by atoms with Gasteiger partial charge < -0.3 is 20.3 Å². The maximum atomic E-state index is 12.9. The van der Waals surface area contributed by atoms with Crippen molar-refractivity contribution in [2.24, 2.45) is 5.92 Å². The molecule has 0 aromatic rings. The lowest BCUT2D eigenvalue weighted by Crippen LogP contribution is -2.53. The molecule has 2 N–H and O–H groups in total. The lowest BCUT2D eigenvalue weighted by molar-refractivity contribution is -0.153. The Morgan fingerprint density at radius 1 is 1.37 bits per heavy atom. The van der Waals surface area contributed by atoms with E-state index in [0.29, 0.717) is 37.2 Å². The van der Waals surface area contributed by atoms with E-state index in [1.54, 1.807) is 31.7 Å². The zero-order chi connectivity index (χ0) is 20.4. The molecule has 7 heteroatoms. The maximum Gasteiger partial charge on any atom is 0.270 e. The van der Waals surface area contributed by atoms with Crippen LogP contribution in [-0.2, 0) is 19.1 Å². The molecule has 0 radical (unpaired) electrons. The minimum absolute atomic E-state index is 0.00635. The van der Waals surface area contributed by atoms with Gasteiger partial charge in [-0.25, -0.2) is 0 Å². The van der Waals surface area contributed by atoms with E-state index in [9.17, 15) is 14.4 Å². The summed E-state index contributed by atoms with van der Waals surface area (Å²) >= 11 is 0. The fourth-order valence-electron chi connectivity index (χ4n) is 3.26. The summed E-state index contributed by atoms with van der Waals surface area (Å²) in [5.74, 6) is 0.346. The minimum Gasteiger partial charge on any atom is -0.480 e. The van der Waals surface area contributed by atoms with Crippen molar-refractivity contribution in [3.63, 3.8) is 0 Å². The van der Waals surface area contributed by atoms with Crippen molar-refractivity contribution in [1.29, 1.82) is 0 Å². The van der Waals surface area contributed by atoms with Gasteiger partial charge in [-0.05, 0) is 39.7 Å². The lowest BCUT2D eigenvalue weighted by atomic mass is 9.87. The van der Waals surface area contributed by atoms with Gasteiger partial charge in [-0.15, -0.1) is 0 Å². The predicted octanol–water partition coefficient (Wildman–Crippen LogP) is 1.85. The maximum absolute atomic E-state index is 12.9. The lowest BCUT2D eigenvalue weighted by Gasteiger charge is -2.42. The number of nitrogens with zero attached hydrogens (tertiary/aromatic N) is 1. The van der Waals surface area contributed by atoms with Crippen molar-refractivity contribution in [2.45, 2.75) is 66.0 Å². The smallest absolute Gasteiger partial charge is 0.270 e. The molecule has 3 amide bonds. The molecule has 1 aliphatic heterocycles. The van der Waals surface area contributed by atoms with Gasteiger partial charge in [0.15, 0.2) is 5.60 Å². The molecule has 0 spiro atoms. The van der Waals surface area contributed by atoms with E-state index in [-0.39, 0.29) is 29.7 Å². The van der Waals surface area contributed by atoms with Gasteiger partial charge in [0.05, 0.1) is 5.70 Å². The van der Waals surface area contributed by atoms with Gasteiger partial charge in [-0.1, -0.05) is 13.8 Å². The number of ether oxygens (including phenoxy) is 1. The Balaban J connectivity index is 2.32. The molecule has 0 aromatic carbocycles. The molecule has 0 aromatic heterocycles. The first-order chi connectivity index (χ1) is 12.6. The molecule has 0 fully saturated rings. The quantitative estimate of drug-likeness (QED) is 0.739. The van der Waals surface area contributed by atoms with Crippen LogP contribution >= 0.6 is 0 Å². The Hall–Kier alpha value is -2.31. The molecule has 1 heterocycles. The molecule has 150 valence electrons. The van der Waals surface area contributed by atoms with E-state index >= 15 is 0 Å². The van der Waals surface area contributed by atoms with Crippen molar-refractivity contribution in [3.8, 4) is 0 Å². The van der Waals surface area contributed by atoms with Gasteiger partial charge in [0.25, 0.3) is 5.91 Å². The molecule has 0 bridgehead atoms. The summed E-state index contributed by atoms with van der Waals surface area (Å²) in [6.45, 7) is 11.8. The van der Waals surface area contributed by atoms with Crippen LogP contribution in [0.25, 0.3) is 0 Å². The van der Waals surface area contributed by atoms with Crippen molar-refractivity contribution in [1.82, 2.24) is 15.5 Å². The van der Waals surface area contributed by atoms with E-state index < -0.39 is 5.60 Å². The molecule has 2 aliphatic rings. The zero-order valence-corrected chi connectivity index (χ0v) is 17.1. The first-order valence-corrected chi connectivity index (χ1v) is 9.60. The third-order valence-electron chi connectivity index (χ3n) is 4.69. The summed E-state index contributed by atoms with van der Waals surface area (Å²) in [5, 5.41) is 5.71. The third-order valence-corrected chi connectivity index (χ3v) is 4.69.